The summed E-state index contributed by atoms with van der Waals surface area (Å²) in [6, 6.07) is 16.2. The molecule has 1 aromatic heterocycles. The normalized spacial score (nSPS) is 12.1. The summed E-state index contributed by atoms with van der Waals surface area (Å²) in [5.41, 5.74) is 4.41. The van der Waals surface area contributed by atoms with E-state index >= 15 is 0 Å². The molecule has 1 atom stereocenters. The van der Waals surface area contributed by atoms with Crippen LogP contribution in [0.15, 0.2) is 58.8 Å². The molecule has 0 aliphatic carbocycles. The van der Waals surface area contributed by atoms with E-state index in [4.69, 9.17) is 0 Å². The molecular formula is C18H18N2OS2. The smallest absolute Gasteiger partial charge is 0.123 e. The lowest BCUT2D eigenvalue weighted by Crippen LogP contribution is -1.99. The van der Waals surface area contributed by atoms with Crippen LogP contribution in [0.4, 0.5) is 5.69 Å². The molecule has 3 aromatic rings. The van der Waals surface area contributed by atoms with Gasteiger partial charge in [-0.05, 0) is 36.8 Å². The van der Waals surface area contributed by atoms with E-state index in [1.165, 1.54) is 0 Å². The van der Waals surface area contributed by atoms with Crippen LogP contribution in [0, 0.1) is 6.92 Å². The molecule has 1 N–H and O–H groups in total. The van der Waals surface area contributed by atoms with E-state index in [0.717, 1.165) is 39.0 Å². The lowest BCUT2D eigenvalue weighted by molar-refractivity contribution is 0.687. The van der Waals surface area contributed by atoms with Gasteiger partial charge in [0.1, 0.15) is 5.01 Å². The second-order valence-electron chi connectivity index (χ2n) is 5.33. The van der Waals surface area contributed by atoms with Crippen molar-refractivity contribution in [1.29, 1.82) is 0 Å². The summed E-state index contributed by atoms with van der Waals surface area (Å²) in [7, 11) is -0.926. The van der Waals surface area contributed by atoms with Crippen molar-refractivity contribution in [2.45, 2.75) is 18.4 Å². The lowest BCUT2D eigenvalue weighted by atomic mass is 10.2. The molecule has 0 saturated carbocycles. The van der Waals surface area contributed by atoms with Gasteiger partial charge in [-0.1, -0.05) is 24.3 Å². The number of nitrogens with zero attached hydrogens (tertiary/aromatic N) is 1. The van der Waals surface area contributed by atoms with E-state index in [-0.39, 0.29) is 0 Å². The standard InChI is InChI=1S/C18H18N2OS2/c1-13-12-22-18(20-13)15-4-3-5-16(10-15)19-11-14-6-8-17(9-7-14)23(2)21/h3-10,12,19H,11H2,1-2H3. The lowest BCUT2D eigenvalue weighted by Gasteiger charge is -2.08. The van der Waals surface area contributed by atoms with Gasteiger partial charge in [-0.15, -0.1) is 11.3 Å². The zero-order valence-electron chi connectivity index (χ0n) is 13.1. The van der Waals surface area contributed by atoms with E-state index in [1.807, 2.05) is 37.3 Å². The van der Waals surface area contributed by atoms with Gasteiger partial charge in [0.25, 0.3) is 0 Å². The molecule has 0 amide bonds. The maximum atomic E-state index is 11.4. The van der Waals surface area contributed by atoms with Crippen molar-refractivity contribution in [3.8, 4) is 10.6 Å². The summed E-state index contributed by atoms with van der Waals surface area (Å²) in [4.78, 5) is 5.38. The zero-order valence-corrected chi connectivity index (χ0v) is 14.7. The Morgan fingerprint density at radius 3 is 2.61 bits per heavy atom. The van der Waals surface area contributed by atoms with Crippen LogP contribution in [0.2, 0.25) is 0 Å². The van der Waals surface area contributed by atoms with Crippen LogP contribution < -0.4 is 5.32 Å². The van der Waals surface area contributed by atoms with Gasteiger partial charge in [0, 0.05) is 50.8 Å². The summed E-state index contributed by atoms with van der Waals surface area (Å²) in [6.07, 6.45) is 1.69. The molecule has 1 heterocycles. The summed E-state index contributed by atoms with van der Waals surface area (Å²) in [5.74, 6) is 0. The van der Waals surface area contributed by atoms with Gasteiger partial charge in [-0.2, -0.15) is 0 Å². The second-order valence-corrected chi connectivity index (χ2v) is 7.56. The van der Waals surface area contributed by atoms with Crippen molar-refractivity contribution in [1.82, 2.24) is 4.98 Å². The van der Waals surface area contributed by atoms with Crippen molar-refractivity contribution in [3.05, 3.63) is 65.2 Å². The predicted molar refractivity (Wildman–Crippen MR) is 98.4 cm³/mol. The van der Waals surface area contributed by atoms with Crippen molar-refractivity contribution in [2.75, 3.05) is 11.6 Å². The van der Waals surface area contributed by atoms with Gasteiger partial charge in [-0.25, -0.2) is 4.98 Å². The number of benzene rings is 2. The number of aryl methyl sites for hydroxylation is 1. The first kappa shape index (κ1) is 15.9. The van der Waals surface area contributed by atoms with E-state index < -0.39 is 10.8 Å². The van der Waals surface area contributed by atoms with Crippen molar-refractivity contribution >= 4 is 27.8 Å². The number of nitrogens with one attached hydrogen (secondary N) is 1. The molecule has 0 radical (unpaired) electrons. The minimum absolute atomic E-state index is 0.733. The van der Waals surface area contributed by atoms with E-state index in [9.17, 15) is 4.21 Å². The van der Waals surface area contributed by atoms with Crippen LogP contribution in [0.3, 0.4) is 0 Å². The van der Waals surface area contributed by atoms with Crippen molar-refractivity contribution in [2.24, 2.45) is 0 Å². The van der Waals surface area contributed by atoms with Crippen LogP contribution in [-0.4, -0.2) is 15.4 Å². The Kier molecular flexibility index (Phi) is 4.88. The van der Waals surface area contributed by atoms with Crippen LogP contribution in [0.1, 0.15) is 11.3 Å². The molecule has 0 spiro atoms. The van der Waals surface area contributed by atoms with E-state index in [1.54, 1.807) is 17.6 Å². The highest BCUT2D eigenvalue weighted by Gasteiger charge is 2.04. The third kappa shape index (κ3) is 4.06. The second kappa shape index (κ2) is 7.06. The molecule has 0 saturated heterocycles. The molecule has 0 aliphatic rings. The first-order valence-electron chi connectivity index (χ1n) is 7.30. The van der Waals surface area contributed by atoms with E-state index in [2.05, 4.69) is 33.9 Å². The molecule has 0 fully saturated rings. The van der Waals surface area contributed by atoms with Gasteiger partial charge in [0.05, 0.1) is 0 Å². The SMILES string of the molecule is Cc1csc(-c2cccc(NCc3ccc(S(C)=O)cc3)c2)n1. The predicted octanol–water partition coefficient (Wildman–Crippen LogP) is 4.47. The van der Waals surface area contributed by atoms with E-state index in [0.29, 0.717) is 0 Å². The Hall–Kier alpha value is -1.98. The van der Waals surface area contributed by atoms with Crippen LogP contribution in [0.5, 0.6) is 0 Å². The fourth-order valence-electron chi connectivity index (χ4n) is 2.25. The maximum Gasteiger partial charge on any atom is 0.123 e. The molecule has 3 rings (SSSR count). The Labute approximate surface area is 142 Å². The van der Waals surface area contributed by atoms with Gasteiger partial charge in [-0.3, -0.25) is 4.21 Å². The fourth-order valence-corrected chi connectivity index (χ4v) is 3.57. The third-order valence-corrected chi connectivity index (χ3v) is 5.43. The largest absolute Gasteiger partial charge is 0.381 e. The number of rotatable bonds is 5. The number of aromatic nitrogens is 1. The average molecular weight is 342 g/mol. The molecule has 5 heteroatoms. The van der Waals surface area contributed by atoms with Gasteiger partial charge in [0.2, 0.25) is 0 Å². The average Bonchev–Trinajstić information content (AvgIpc) is 3.00. The Balaban J connectivity index is 1.69. The zero-order chi connectivity index (χ0) is 16.2. The first-order chi connectivity index (χ1) is 11.1. The van der Waals surface area contributed by atoms with Crippen LogP contribution >= 0.6 is 11.3 Å². The monoisotopic (exact) mass is 342 g/mol. The summed E-state index contributed by atoms with van der Waals surface area (Å²) >= 11 is 1.66. The number of hydrogen-bond donors (Lipinski definition) is 1. The van der Waals surface area contributed by atoms with Crippen molar-refractivity contribution < 1.29 is 4.21 Å². The highest BCUT2D eigenvalue weighted by atomic mass is 32.2. The number of hydrogen-bond acceptors (Lipinski definition) is 4. The molecule has 3 nitrogen and oxygen atoms in total. The van der Waals surface area contributed by atoms with Gasteiger partial charge >= 0.3 is 0 Å². The quantitative estimate of drug-likeness (QED) is 0.744. The molecule has 1 unspecified atom stereocenters. The summed E-state index contributed by atoms with van der Waals surface area (Å²) in [5, 5.41) is 6.53. The Bertz CT molecular complexity index is 825. The topological polar surface area (TPSA) is 42.0 Å². The molecule has 2 aromatic carbocycles. The molecule has 23 heavy (non-hydrogen) atoms. The highest BCUT2D eigenvalue weighted by molar-refractivity contribution is 7.84. The minimum atomic E-state index is -0.926. The molecule has 0 aliphatic heterocycles. The molecular weight excluding hydrogens is 324 g/mol. The highest BCUT2D eigenvalue weighted by Crippen LogP contribution is 2.26. The number of thiazole rings is 1. The van der Waals surface area contributed by atoms with Gasteiger partial charge in [0.15, 0.2) is 0 Å². The Morgan fingerprint density at radius 2 is 1.96 bits per heavy atom. The minimum Gasteiger partial charge on any atom is -0.381 e. The third-order valence-electron chi connectivity index (χ3n) is 3.48. The maximum absolute atomic E-state index is 11.4. The summed E-state index contributed by atoms with van der Waals surface area (Å²) in [6.45, 7) is 2.74. The molecule has 118 valence electrons. The fraction of sp³-hybridized carbons (Fsp3) is 0.167. The molecule has 0 bridgehead atoms. The number of anilines is 1. The first-order valence-corrected chi connectivity index (χ1v) is 9.74. The van der Waals surface area contributed by atoms with Crippen LogP contribution in [0.25, 0.3) is 10.6 Å². The summed E-state index contributed by atoms with van der Waals surface area (Å²) < 4.78 is 11.4. The van der Waals surface area contributed by atoms with Crippen LogP contribution in [-0.2, 0) is 17.3 Å². The van der Waals surface area contributed by atoms with Crippen molar-refractivity contribution in [3.63, 3.8) is 0 Å². The van der Waals surface area contributed by atoms with Gasteiger partial charge < -0.3 is 5.32 Å². The Morgan fingerprint density at radius 1 is 1.17 bits per heavy atom.